The van der Waals surface area contributed by atoms with Gasteiger partial charge in [-0.25, -0.2) is 9.37 Å². The minimum Gasteiger partial charge on any atom is -0.311 e. The summed E-state index contributed by atoms with van der Waals surface area (Å²) in [6.07, 6.45) is -3.08. The normalized spacial score (nSPS) is 11.6. The van der Waals surface area contributed by atoms with E-state index in [1.54, 1.807) is 13.0 Å². The van der Waals surface area contributed by atoms with Crippen molar-refractivity contribution in [1.29, 1.82) is 0 Å². The summed E-state index contributed by atoms with van der Waals surface area (Å²) in [7, 11) is 0. The highest BCUT2D eigenvalue weighted by Gasteiger charge is 2.30. The molecule has 5 nitrogen and oxygen atoms in total. The van der Waals surface area contributed by atoms with Gasteiger partial charge in [0, 0.05) is 17.6 Å². The van der Waals surface area contributed by atoms with Crippen molar-refractivity contribution in [2.24, 2.45) is 0 Å². The Bertz CT molecular complexity index is 995. The molecule has 1 N–H and O–H groups in total. The minimum atomic E-state index is -4.50. The quantitative estimate of drug-likeness (QED) is 0.586. The number of carbonyl (C=O) groups excluding carboxylic acids is 1. The minimum absolute atomic E-state index is 0.219. The largest absolute Gasteiger partial charge is 0.408 e. The molecule has 2 aromatic heterocycles. The number of aryl methyl sites for hydroxylation is 1. The van der Waals surface area contributed by atoms with Crippen molar-refractivity contribution in [3.05, 3.63) is 63.3 Å². The van der Waals surface area contributed by atoms with E-state index in [1.807, 2.05) is 0 Å². The molecule has 0 radical (unpaired) electrons. The lowest BCUT2D eigenvalue weighted by Gasteiger charge is -2.10. The molecule has 0 atom stereocenters. The van der Waals surface area contributed by atoms with Crippen LogP contribution in [0.5, 0.6) is 0 Å². The molecule has 3 rings (SSSR count). The summed E-state index contributed by atoms with van der Waals surface area (Å²) < 4.78 is 51.8. The Kier molecular flexibility index (Phi) is 5.71. The monoisotopic (exact) mass is 432 g/mol. The number of rotatable bonds is 5. The predicted molar refractivity (Wildman–Crippen MR) is 97.3 cm³/mol. The lowest BCUT2D eigenvalue weighted by Crippen LogP contribution is -2.24. The molecule has 148 valence electrons. The van der Waals surface area contributed by atoms with Gasteiger partial charge in [-0.15, -0.1) is 11.3 Å². The topological polar surface area (TPSA) is 59.8 Å². The molecule has 11 heteroatoms. The van der Waals surface area contributed by atoms with Gasteiger partial charge >= 0.3 is 6.18 Å². The number of aromatic nitrogens is 3. The third kappa shape index (κ3) is 5.08. The average Bonchev–Trinajstić information content (AvgIpc) is 3.11. The standard InChI is InChI=1S/C17H13ClF4N4OS/c1-9-16(25-15(27)13-2-3-23-26(13)8-17(20,21)22)28-14(24-9)6-10-4-11(18)7-12(19)5-10/h2-5,7H,6,8H2,1H3,(H,25,27). The summed E-state index contributed by atoms with van der Waals surface area (Å²) in [4.78, 5) is 16.7. The third-order valence-corrected chi connectivity index (χ3v) is 4.91. The van der Waals surface area contributed by atoms with Crippen LogP contribution in [0.2, 0.25) is 5.02 Å². The second-order valence-corrected chi connectivity index (χ2v) is 7.44. The zero-order chi connectivity index (χ0) is 20.5. The number of amides is 1. The highest BCUT2D eigenvalue weighted by atomic mass is 35.5. The van der Waals surface area contributed by atoms with Crippen LogP contribution in [0.4, 0.5) is 22.6 Å². The molecule has 3 aromatic rings. The molecule has 1 amide bonds. The predicted octanol–water partition coefficient (Wildman–Crippen LogP) is 4.85. The van der Waals surface area contributed by atoms with Crippen molar-refractivity contribution in [2.75, 3.05) is 5.32 Å². The zero-order valence-corrected chi connectivity index (χ0v) is 15.9. The van der Waals surface area contributed by atoms with Crippen molar-refractivity contribution in [1.82, 2.24) is 14.8 Å². The molecular formula is C17H13ClF4N4OS. The van der Waals surface area contributed by atoms with E-state index in [0.29, 0.717) is 32.4 Å². The molecule has 0 aliphatic heterocycles. The van der Waals surface area contributed by atoms with E-state index in [-0.39, 0.29) is 10.7 Å². The van der Waals surface area contributed by atoms with Crippen molar-refractivity contribution in [3.8, 4) is 0 Å². The number of halogens is 5. The van der Waals surface area contributed by atoms with E-state index in [1.165, 1.54) is 18.2 Å². The highest BCUT2D eigenvalue weighted by Crippen LogP contribution is 2.27. The van der Waals surface area contributed by atoms with Crippen molar-refractivity contribution >= 4 is 33.8 Å². The van der Waals surface area contributed by atoms with Crippen molar-refractivity contribution in [2.45, 2.75) is 26.1 Å². The lowest BCUT2D eigenvalue weighted by atomic mass is 10.1. The molecule has 0 spiro atoms. The Hall–Kier alpha value is -2.46. The van der Waals surface area contributed by atoms with Gasteiger partial charge in [0.15, 0.2) is 0 Å². The first-order valence-electron chi connectivity index (χ1n) is 7.92. The average molecular weight is 433 g/mol. The van der Waals surface area contributed by atoms with Crippen LogP contribution in [0.3, 0.4) is 0 Å². The molecule has 0 aliphatic rings. The number of alkyl halides is 3. The smallest absolute Gasteiger partial charge is 0.311 e. The molecule has 0 unspecified atom stereocenters. The van der Waals surface area contributed by atoms with Crippen molar-refractivity contribution < 1.29 is 22.4 Å². The summed E-state index contributed by atoms with van der Waals surface area (Å²) in [5, 5.41) is 7.34. The summed E-state index contributed by atoms with van der Waals surface area (Å²) in [5.41, 5.74) is 0.890. The molecule has 2 heterocycles. The maximum absolute atomic E-state index is 13.5. The maximum Gasteiger partial charge on any atom is 0.408 e. The Morgan fingerprint density at radius 3 is 2.75 bits per heavy atom. The van der Waals surface area contributed by atoms with Gasteiger partial charge in [0.1, 0.15) is 23.1 Å². The number of nitrogens with zero attached hydrogens (tertiary/aromatic N) is 3. The first kappa shape index (κ1) is 20.3. The van der Waals surface area contributed by atoms with E-state index < -0.39 is 24.4 Å². The van der Waals surface area contributed by atoms with Crippen LogP contribution in [0.1, 0.15) is 26.8 Å². The summed E-state index contributed by atoms with van der Waals surface area (Å²) >= 11 is 6.99. The molecule has 0 bridgehead atoms. The molecule has 1 aromatic carbocycles. The van der Waals surface area contributed by atoms with Crippen LogP contribution >= 0.6 is 22.9 Å². The van der Waals surface area contributed by atoms with E-state index in [0.717, 1.165) is 17.5 Å². The number of hydrogen-bond donors (Lipinski definition) is 1. The van der Waals surface area contributed by atoms with Gasteiger partial charge in [-0.1, -0.05) is 11.6 Å². The fraction of sp³-hybridized carbons (Fsp3) is 0.235. The zero-order valence-electron chi connectivity index (χ0n) is 14.3. The van der Waals surface area contributed by atoms with Crippen LogP contribution in [-0.4, -0.2) is 26.8 Å². The number of carbonyl (C=O) groups is 1. The SMILES string of the molecule is Cc1nc(Cc2cc(F)cc(Cl)c2)sc1NC(=O)c1ccnn1CC(F)(F)F. The molecule has 0 fully saturated rings. The highest BCUT2D eigenvalue weighted by molar-refractivity contribution is 7.16. The first-order valence-corrected chi connectivity index (χ1v) is 9.11. The van der Waals surface area contributed by atoms with Gasteiger partial charge in [-0.05, 0) is 36.8 Å². The number of nitrogens with one attached hydrogen (secondary N) is 1. The van der Waals surface area contributed by atoms with Gasteiger partial charge in [0.2, 0.25) is 0 Å². The van der Waals surface area contributed by atoms with Gasteiger partial charge in [0.25, 0.3) is 5.91 Å². The van der Waals surface area contributed by atoms with Crippen LogP contribution in [-0.2, 0) is 13.0 Å². The Morgan fingerprint density at radius 1 is 1.32 bits per heavy atom. The van der Waals surface area contributed by atoms with Gasteiger partial charge in [0.05, 0.1) is 10.7 Å². The van der Waals surface area contributed by atoms with Crippen LogP contribution in [0, 0.1) is 12.7 Å². The number of hydrogen-bond acceptors (Lipinski definition) is 4. The fourth-order valence-electron chi connectivity index (χ4n) is 2.52. The van der Waals surface area contributed by atoms with E-state index in [2.05, 4.69) is 15.4 Å². The Balaban J connectivity index is 1.75. The van der Waals surface area contributed by atoms with E-state index >= 15 is 0 Å². The van der Waals surface area contributed by atoms with E-state index in [9.17, 15) is 22.4 Å². The lowest BCUT2D eigenvalue weighted by molar-refractivity contribution is -0.142. The van der Waals surface area contributed by atoms with Crippen LogP contribution < -0.4 is 5.32 Å². The maximum atomic E-state index is 13.5. The molecule has 0 aliphatic carbocycles. The fourth-order valence-corrected chi connectivity index (χ4v) is 3.76. The second-order valence-electron chi connectivity index (χ2n) is 5.92. The summed E-state index contributed by atoms with van der Waals surface area (Å²) in [5.74, 6) is -1.20. The second kappa shape index (κ2) is 7.88. The van der Waals surface area contributed by atoms with Gasteiger partial charge < -0.3 is 5.32 Å². The Labute approximate surface area is 166 Å². The summed E-state index contributed by atoms with van der Waals surface area (Å²) in [6, 6.07) is 5.33. The van der Waals surface area contributed by atoms with Crippen molar-refractivity contribution in [3.63, 3.8) is 0 Å². The number of benzene rings is 1. The number of anilines is 1. The number of thiazole rings is 1. The van der Waals surface area contributed by atoms with E-state index in [4.69, 9.17) is 11.6 Å². The Morgan fingerprint density at radius 2 is 2.07 bits per heavy atom. The first-order chi connectivity index (χ1) is 13.1. The third-order valence-electron chi connectivity index (χ3n) is 3.62. The van der Waals surface area contributed by atoms with Gasteiger partial charge in [-0.3, -0.25) is 9.48 Å². The molecule has 28 heavy (non-hydrogen) atoms. The molecular weight excluding hydrogens is 420 g/mol. The molecule has 0 saturated carbocycles. The van der Waals surface area contributed by atoms with Gasteiger partial charge in [-0.2, -0.15) is 18.3 Å². The molecule has 0 saturated heterocycles. The van der Waals surface area contributed by atoms with Crippen LogP contribution in [0.25, 0.3) is 0 Å². The van der Waals surface area contributed by atoms with Crippen LogP contribution in [0.15, 0.2) is 30.5 Å². The summed E-state index contributed by atoms with van der Waals surface area (Å²) in [6.45, 7) is 0.289.